The van der Waals surface area contributed by atoms with Crippen LogP contribution in [0, 0.1) is 11.3 Å². The number of rotatable bonds is 5. The van der Waals surface area contributed by atoms with Gasteiger partial charge in [0.25, 0.3) is 0 Å². The second-order valence-electron chi connectivity index (χ2n) is 6.37. The van der Waals surface area contributed by atoms with E-state index in [1.807, 2.05) is 24.3 Å². The molecule has 3 aromatic rings. The van der Waals surface area contributed by atoms with Crippen LogP contribution in [0.3, 0.4) is 0 Å². The van der Waals surface area contributed by atoms with Crippen LogP contribution in [-0.2, 0) is 17.6 Å². The maximum absolute atomic E-state index is 12.4. The van der Waals surface area contributed by atoms with Gasteiger partial charge in [-0.2, -0.15) is 5.26 Å². The van der Waals surface area contributed by atoms with Crippen molar-refractivity contribution in [3.05, 3.63) is 77.4 Å². The average Bonchev–Trinajstić information content (AvgIpc) is 3.31. The number of aromatic nitrogens is 2. The monoisotopic (exact) mass is 359 g/mol. The Labute approximate surface area is 156 Å². The molecule has 2 N–H and O–H groups in total. The summed E-state index contributed by atoms with van der Waals surface area (Å²) in [5, 5.41) is 23.2. The Morgan fingerprint density at radius 2 is 2.07 bits per heavy atom. The molecule has 0 spiro atoms. The molecule has 1 amide bonds. The van der Waals surface area contributed by atoms with Crippen molar-refractivity contribution in [2.75, 3.05) is 5.32 Å². The smallest absolute Gasteiger partial charge is 0.227 e. The van der Waals surface area contributed by atoms with Crippen LogP contribution in [0.2, 0.25) is 0 Å². The second kappa shape index (κ2) is 7.30. The van der Waals surface area contributed by atoms with Gasteiger partial charge in [0, 0.05) is 0 Å². The van der Waals surface area contributed by atoms with Crippen molar-refractivity contribution in [2.45, 2.75) is 24.9 Å². The lowest BCUT2D eigenvalue weighted by atomic mass is 10.1. The Balaban J connectivity index is 1.52. The number of carbonyl (C=O) groups excluding carboxylic acids is 1. The lowest BCUT2D eigenvalue weighted by Gasteiger charge is -2.23. The third-order valence-electron chi connectivity index (χ3n) is 4.58. The third-order valence-corrected chi connectivity index (χ3v) is 4.58. The van der Waals surface area contributed by atoms with Gasteiger partial charge in [0.1, 0.15) is 17.6 Å². The largest absolute Gasteiger partial charge is 0.469 e. The van der Waals surface area contributed by atoms with Gasteiger partial charge >= 0.3 is 0 Å². The minimum Gasteiger partial charge on any atom is -0.469 e. The molecular formula is C20H17N5O2. The molecule has 1 aliphatic carbocycles. The molecular weight excluding hydrogens is 342 g/mol. The first-order valence-corrected chi connectivity index (χ1v) is 8.63. The van der Waals surface area contributed by atoms with Gasteiger partial charge in [-0.05, 0) is 41.8 Å². The summed E-state index contributed by atoms with van der Waals surface area (Å²) < 4.78 is 5.25. The van der Waals surface area contributed by atoms with Gasteiger partial charge in [-0.15, -0.1) is 10.2 Å². The highest BCUT2D eigenvalue weighted by molar-refractivity contribution is 5.78. The van der Waals surface area contributed by atoms with Gasteiger partial charge in [0.05, 0.1) is 24.8 Å². The topological polar surface area (TPSA) is 104 Å². The van der Waals surface area contributed by atoms with E-state index < -0.39 is 0 Å². The Bertz CT molecular complexity index is 976. The first-order chi connectivity index (χ1) is 13.2. The van der Waals surface area contributed by atoms with Crippen LogP contribution in [0.1, 0.15) is 28.6 Å². The number of furan rings is 1. The fraction of sp³-hybridized carbons (Fsp3) is 0.200. The van der Waals surface area contributed by atoms with Crippen LogP contribution in [0.15, 0.2) is 59.2 Å². The summed E-state index contributed by atoms with van der Waals surface area (Å²) in [5.74, 6) is 1.09. The lowest BCUT2D eigenvalue weighted by Crippen LogP contribution is -2.41. The van der Waals surface area contributed by atoms with Crippen LogP contribution < -0.4 is 10.6 Å². The number of nitriles is 1. The molecule has 7 nitrogen and oxygen atoms in total. The van der Waals surface area contributed by atoms with Crippen molar-refractivity contribution in [3.8, 4) is 6.07 Å². The van der Waals surface area contributed by atoms with Gasteiger partial charge in [-0.1, -0.05) is 24.3 Å². The van der Waals surface area contributed by atoms with Gasteiger partial charge in [-0.3, -0.25) is 4.79 Å². The van der Waals surface area contributed by atoms with Gasteiger partial charge in [0.15, 0.2) is 5.69 Å². The number of anilines is 1. The van der Waals surface area contributed by atoms with Crippen LogP contribution in [0.5, 0.6) is 0 Å². The summed E-state index contributed by atoms with van der Waals surface area (Å²) in [4.78, 5) is 12.4. The molecule has 0 aliphatic heterocycles. The Morgan fingerprint density at radius 1 is 1.19 bits per heavy atom. The number of benzene rings is 1. The standard InChI is InChI=1S/C20H17N5O2/c21-12-14-7-8-18(25-24-14)23-20-16-6-2-1-4-13(16)10-17(20)22-19(26)11-15-5-3-9-27-15/h1-9,17,20H,10-11H2,(H,22,26)(H,23,25)/t17-,20-/m1/s1. The quantitative estimate of drug-likeness (QED) is 0.725. The average molecular weight is 359 g/mol. The molecule has 0 saturated carbocycles. The van der Waals surface area contributed by atoms with E-state index >= 15 is 0 Å². The van der Waals surface area contributed by atoms with Crippen LogP contribution in [-0.4, -0.2) is 22.1 Å². The zero-order valence-electron chi connectivity index (χ0n) is 14.4. The van der Waals surface area contributed by atoms with E-state index in [-0.39, 0.29) is 30.1 Å². The van der Waals surface area contributed by atoms with E-state index in [4.69, 9.17) is 9.68 Å². The summed E-state index contributed by atoms with van der Waals surface area (Å²) in [6.45, 7) is 0. The van der Waals surface area contributed by atoms with Gasteiger partial charge < -0.3 is 15.1 Å². The van der Waals surface area contributed by atoms with E-state index in [9.17, 15) is 4.79 Å². The second-order valence-corrected chi connectivity index (χ2v) is 6.37. The highest BCUT2D eigenvalue weighted by Gasteiger charge is 2.33. The summed E-state index contributed by atoms with van der Waals surface area (Å²) in [5.41, 5.74) is 2.56. The van der Waals surface area contributed by atoms with Gasteiger partial charge in [0.2, 0.25) is 5.91 Å². The molecule has 27 heavy (non-hydrogen) atoms. The normalized spacial score (nSPS) is 17.7. The maximum atomic E-state index is 12.4. The molecule has 0 fully saturated rings. The van der Waals surface area contributed by atoms with Crippen molar-refractivity contribution in [3.63, 3.8) is 0 Å². The van der Waals surface area contributed by atoms with Crippen LogP contribution in [0.25, 0.3) is 0 Å². The summed E-state index contributed by atoms with van der Waals surface area (Å²) in [7, 11) is 0. The van der Waals surface area contributed by atoms with E-state index in [1.165, 1.54) is 5.56 Å². The third kappa shape index (κ3) is 3.65. The van der Waals surface area contributed by atoms with E-state index in [1.54, 1.807) is 30.5 Å². The zero-order chi connectivity index (χ0) is 18.6. The molecule has 4 rings (SSSR count). The Kier molecular flexibility index (Phi) is 4.54. The fourth-order valence-electron chi connectivity index (χ4n) is 3.37. The van der Waals surface area contributed by atoms with E-state index in [0.717, 1.165) is 12.0 Å². The van der Waals surface area contributed by atoms with E-state index in [0.29, 0.717) is 11.6 Å². The first kappa shape index (κ1) is 16.8. The van der Waals surface area contributed by atoms with Crippen molar-refractivity contribution >= 4 is 11.7 Å². The number of carbonyl (C=O) groups is 1. The molecule has 0 unspecified atom stereocenters. The molecule has 0 saturated heterocycles. The fourth-order valence-corrected chi connectivity index (χ4v) is 3.37. The van der Waals surface area contributed by atoms with Crippen molar-refractivity contribution in [2.24, 2.45) is 0 Å². The Hall–Kier alpha value is -3.66. The first-order valence-electron chi connectivity index (χ1n) is 8.63. The summed E-state index contributed by atoms with van der Waals surface area (Å²) >= 11 is 0. The highest BCUT2D eigenvalue weighted by Crippen LogP contribution is 2.33. The SMILES string of the molecule is N#Cc1ccc(N[C@@H]2c3ccccc3C[C@H]2NC(=O)Cc2ccco2)nn1. The predicted octanol–water partition coefficient (Wildman–Crippen LogP) is 2.38. The number of amides is 1. The molecule has 0 radical (unpaired) electrons. The predicted molar refractivity (Wildman–Crippen MR) is 97.6 cm³/mol. The molecule has 2 aromatic heterocycles. The molecule has 7 heteroatoms. The summed E-state index contributed by atoms with van der Waals surface area (Å²) in [6.07, 6.45) is 2.48. The molecule has 2 heterocycles. The number of nitrogens with zero attached hydrogens (tertiary/aromatic N) is 3. The van der Waals surface area contributed by atoms with Crippen molar-refractivity contribution in [1.29, 1.82) is 5.26 Å². The zero-order valence-corrected chi connectivity index (χ0v) is 14.4. The molecule has 134 valence electrons. The Morgan fingerprint density at radius 3 is 2.81 bits per heavy atom. The van der Waals surface area contributed by atoms with Crippen LogP contribution >= 0.6 is 0 Å². The number of hydrogen-bond acceptors (Lipinski definition) is 6. The minimum absolute atomic E-state index is 0.0968. The highest BCUT2D eigenvalue weighted by atomic mass is 16.3. The summed E-state index contributed by atoms with van der Waals surface area (Å²) in [6, 6.07) is 16.6. The van der Waals surface area contributed by atoms with Gasteiger partial charge in [-0.25, -0.2) is 0 Å². The van der Waals surface area contributed by atoms with Crippen molar-refractivity contribution in [1.82, 2.24) is 15.5 Å². The molecule has 2 atom stereocenters. The maximum Gasteiger partial charge on any atom is 0.227 e. The van der Waals surface area contributed by atoms with Crippen molar-refractivity contribution < 1.29 is 9.21 Å². The molecule has 1 aliphatic rings. The minimum atomic E-state index is -0.135. The molecule has 1 aromatic carbocycles. The number of fused-ring (bicyclic) bond motifs is 1. The lowest BCUT2D eigenvalue weighted by molar-refractivity contribution is -0.121. The number of nitrogens with one attached hydrogen (secondary N) is 2. The van der Waals surface area contributed by atoms with E-state index in [2.05, 4.69) is 26.9 Å². The number of hydrogen-bond donors (Lipinski definition) is 2. The molecule has 0 bridgehead atoms. The van der Waals surface area contributed by atoms with Crippen LogP contribution in [0.4, 0.5) is 5.82 Å².